The Morgan fingerprint density at radius 1 is 0.187 bits per heavy atom. The van der Waals surface area contributed by atoms with Gasteiger partial charge in [-0.05, 0) is 38.5 Å². The average molecular weight is 1690 g/mol. The van der Waals surface area contributed by atoms with Gasteiger partial charge in [0.25, 0.3) is 0 Å². The molecule has 6 N–H and O–H groups in total. The van der Waals surface area contributed by atoms with Crippen molar-refractivity contribution in [2.24, 2.45) is 0 Å². The molecule has 0 bridgehead atoms. The molecule has 0 aliphatic heterocycles. The van der Waals surface area contributed by atoms with Crippen LogP contribution in [0.2, 0.25) is 0 Å². The van der Waals surface area contributed by atoms with Crippen molar-refractivity contribution in [2.45, 2.75) is 311 Å². The largest absolute Gasteiger partial charge is 6.00 e. The number of nitrogens with one attached hydrogen (secondary N) is 6. The number of hydrogen-bond donors (Lipinski definition) is 6. The molecule has 0 fully saturated rings. The van der Waals surface area contributed by atoms with E-state index in [4.69, 9.17) is 174 Å². The van der Waals surface area contributed by atoms with Crippen LogP contribution in [0, 0.1) is 0 Å². The topological polar surface area (TPSA) is 175 Å². The number of hydrogen-bond acceptors (Lipinski definition) is 24. The van der Waals surface area contributed by atoms with Crippen LogP contribution in [-0.4, -0.2) is 90.4 Å². The molecule has 91 heavy (non-hydrogen) atoms. The van der Waals surface area contributed by atoms with E-state index in [1.165, 1.54) is 270 Å². The summed E-state index contributed by atoms with van der Waals surface area (Å²) < 4.78 is 50.0. The minimum Gasteiger partial charge on any atom is -0.412 e. The monoisotopic (exact) mass is 1690 g/mol. The Labute approximate surface area is 671 Å². The first-order valence-electron chi connectivity index (χ1n) is 32.3. The fraction of sp³-hybridized carbons (Fsp3) is 0.900. The smallest absolute Gasteiger partial charge is 0.412 e. The maximum Gasteiger partial charge on any atom is 6.00 e. The predicted molar refractivity (Wildman–Crippen MR) is 445 cm³/mol. The van der Waals surface area contributed by atoms with Crippen LogP contribution < -0.4 is 31.9 Å². The molecule has 540 valence electrons. The summed E-state index contributed by atoms with van der Waals surface area (Å²) in [6.07, 6.45) is 56.0. The standard InChI is InChI=1S/6C10H21NS2.Mo.6OS/c6*1-2-3-4-5-6-7-8-9-11-10(12)13;;6*1-2/h6*2-9H2,1H3,(H2,11,12,13);;;;;;;/q;;;;;;+6;;;;;;/p-6. The molecule has 0 aromatic carbocycles. The molecule has 0 aliphatic rings. The van der Waals surface area contributed by atoms with Crippen molar-refractivity contribution in [2.75, 3.05) is 39.3 Å². The molecule has 0 heterocycles. The van der Waals surface area contributed by atoms with Gasteiger partial charge in [-0.25, -0.2) is 0 Å². The summed E-state index contributed by atoms with van der Waals surface area (Å²) in [5.74, 6) is 0. The maximum atomic E-state index is 7.83. The van der Waals surface area contributed by atoms with Gasteiger partial charge in [-0.3, -0.25) is 0 Å². The van der Waals surface area contributed by atoms with E-state index < -0.39 is 0 Å². The van der Waals surface area contributed by atoms with E-state index in [0.29, 0.717) is 25.9 Å². The number of thiocarbonyl (C=S) groups is 6. The van der Waals surface area contributed by atoms with Crippen LogP contribution >= 0.6 is 73.3 Å². The summed E-state index contributed by atoms with van der Waals surface area (Å²) in [6, 6.07) is 0. The molecule has 12 nitrogen and oxygen atoms in total. The van der Waals surface area contributed by atoms with Gasteiger partial charge < -0.3 is 181 Å². The molecule has 0 radical (unpaired) electrons. The molecule has 0 spiro atoms. The molecule has 0 amide bonds. The predicted octanol–water partition coefficient (Wildman–Crippen LogP) is 16.9. The Kier molecular flexibility index (Phi) is 187. The second-order valence-electron chi connectivity index (χ2n) is 20.0. The van der Waals surface area contributed by atoms with Crippen LogP contribution in [0.5, 0.6) is 0 Å². The summed E-state index contributed by atoms with van der Waals surface area (Å²) >= 11 is 73.8. The maximum absolute atomic E-state index is 7.83. The van der Waals surface area contributed by atoms with E-state index in [-0.39, 0.29) is 21.1 Å². The molecule has 0 unspecified atom stereocenters. The molecule has 0 saturated carbocycles. The molecule has 31 heteroatoms. The van der Waals surface area contributed by atoms with E-state index in [1.54, 1.807) is 0 Å². The third kappa shape index (κ3) is 194. The van der Waals surface area contributed by atoms with E-state index >= 15 is 0 Å². The first-order chi connectivity index (χ1) is 43.6. The van der Waals surface area contributed by atoms with Gasteiger partial charge in [0.05, 0.1) is 0 Å². The minimum atomic E-state index is 0. The van der Waals surface area contributed by atoms with Crippen molar-refractivity contribution >= 4 is 250 Å². The van der Waals surface area contributed by atoms with Gasteiger partial charge in [-0.15, -0.1) is 0 Å². The van der Waals surface area contributed by atoms with E-state index in [1.807, 2.05) is 0 Å². The quantitative estimate of drug-likeness (QED) is 0.0147. The van der Waals surface area contributed by atoms with Crippen molar-refractivity contribution in [3.8, 4) is 0 Å². The van der Waals surface area contributed by atoms with Crippen LogP contribution in [0.4, 0.5) is 0 Å². The van der Waals surface area contributed by atoms with Gasteiger partial charge in [0, 0.05) is 39.3 Å². The zero-order valence-corrected chi connectivity index (χ0v) is 72.9. The summed E-state index contributed by atoms with van der Waals surface area (Å²) in [6.45, 7) is 19.2. The van der Waals surface area contributed by atoms with Gasteiger partial charge in [-0.1, -0.05) is 299 Å². The van der Waals surface area contributed by atoms with Crippen LogP contribution in [0.25, 0.3) is 0 Å². The molecule has 0 aromatic rings. The second-order valence-corrected chi connectivity index (χ2v) is 26.5. The first-order valence-corrected chi connectivity index (χ1v) is 39.2. The Balaban J connectivity index is -0.0000000702. The fourth-order valence-electron chi connectivity index (χ4n) is 7.64. The summed E-state index contributed by atoms with van der Waals surface area (Å²) in [5, 5.41) is 18.0. The van der Waals surface area contributed by atoms with Crippen LogP contribution in [0.3, 0.4) is 0 Å². The summed E-state index contributed by atoms with van der Waals surface area (Å²) in [7, 11) is 0. The zero-order chi connectivity index (χ0) is 71.6. The summed E-state index contributed by atoms with van der Waals surface area (Å²) in [4.78, 5) is 0. The Hall–Kier alpha value is 1.47. The van der Waals surface area contributed by atoms with Crippen LogP contribution in [0.1, 0.15) is 311 Å². The molecular weight excluding hydrogens is 1570 g/mol. The first kappa shape index (κ1) is 123. The van der Waals surface area contributed by atoms with Crippen molar-refractivity contribution < 1.29 is 46.3 Å². The Bertz CT molecular complexity index is 1120. The second kappa shape index (κ2) is 139. The Morgan fingerprint density at radius 2 is 0.264 bits per heavy atom. The van der Waals surface area contributed by atoms with Gasteiger partial charge in [0.2, 0.25) is 0 Å². The molecule has 0 rings (SSSR count). The van der Waals surface area contributed by atoms with Gasteiger partial charge in [-0.2, -0.15) is 25.3 Å². The minimum absolute atomic E-state index is 0. The third-order valence-corrected chi connectivity index (χ3v) is 14.0. The molecule has 0 saturated heterocycles. The SMILES string of the molecule is CCCCCCCCCNC(=S)[S-].CCCCCCCCCNC(=S)[S-].CCCCCCCCCNC(=S)[S-].CCCCCCCCCNC(=S)[S-].CCCCCCCCCNC(=S)[S-].CCCCCCCCCNC(=S)[S-].O=S.O=S.O=S.O=S.O=S.O=S.[Mo+6]. The zero-order valence-electron chi connectivity index (χ0n) is 56.1. The normalized spacial score (nSPS) is 8.77. The van der Waals surface area contributed by atoms with E-state index in [9.17, 15) is 0 Å². The fourth-order valence-corrected chi connectivity index (χ4v) is 8.86. The third-order valence-electron chi connectivity index (χ3n) is 12.3. The van der Waals surface area contributed by atoms with Crippen LogP contribution in [-0.2, 0) is 172 Å². The van der Waals surface area contributed by atoms with Gasteiger partial charge in [0.15, 0.2) is 75.2 Å². The average Bonchev–Trinajstić information content (AvgIpc) is 3.54. The Morgan fingerprint density at radius 3 is 0.341 bits per heavy atom. The molecule has 0 aromatic heterocycles. The molecule has 0 aliphatic carbocycles. The van der Waals surface area contributed by atoms with Crippen LogP contribution in [0.15, 0.2) is 0 Å². The van der Waals surface area contributed by atoms with Gasteiger partial charge >= 0.3 is 21.1 Å². The van der Waals surface area contributed by atoms with Crippen molar-refractivity contribution in [3.63, 3.8) is 0 Å². The number of rotatable bonds is 48. The van der Waals surface area contributed by atoms with Crippen molar-refractivity contribution in [1.82, 2.24) is 31.9 Å². The number of unbranched alkanes of at least 4 members (excludes halogenated alkanes) is 36. The van der Waals surface area contributed by atoms with Gasteiger partial charge in [0.1, 0.15) is 0 Å². The molecular formula is C60H120MoN6O6S18. The molecule has 0 atom stereocenters. The van der Waals surface area contributed by atoms with E-state index in [2.05, 4.69) is 149 Å². The van der Waals surface area contributed by atoms with E-state index in [0.717, 1.165) is 39.3 Å². The van der Waals surface area contributed by atoms with Crippen molar-refractivity contribution in [1.29, 1.82) is 0 Å². The summed E-state index contributed by atoms with van der Waals surface area (Å²) in [5.41, 5.74) is 0. The van der Waals surface area contributed by atoms with Crippen molar-refractivity contribution in [3.05, 3.63) is 0 Å².